The van der Waals surface area contributed by atoms with Crippen LogP contribution in [0, 0.1) is 0 Å². The molecule has 0 spiro atoms. The average molecular weight is 567 g/mol. The number of benzene rings is 1. The van der Waals surface area contributed by atoms with Crippen LogP contribution in [0.4, 0.5) is 5.69 Å². The fraction of sp³-hybridized carbons (Fsp3) is 0.556. The Morgan fingerprint density at radius 1 is 0.974 bits per heavy atom. The Morgan fingerprint density at radius 2 is 1.56 bits per heavy atom. The van der Waals surface area contributed by atoms with Gasteiger partial charge in [-0.2, -0.15) is 4.31 Å². The Hall–Kier alpha value is -3.09. The van der Waals surface area contributed by atoms with Gasteiger partial charge < -0.3 is 24.4 Å². The van der Waals surface area contributed by atoms with Crippen molar-refractivity contribution >= 4 is 27.6 Å². The van der Waals surface area contributed by atoms with Crippen molar-refractivity contribution in [2.24, 2.45) is 7.05 Å². The van der Waals surface area contributed by atoms with Crippen LogP contribution in [0.15, 0.2) is 36.4 Å². The largest absolute Gasteiger partial charge is 0.495 e. The number of carboxylic acid groups (broad SMARTS) is 2. The predicted octanol–water partition coefficient (Wildman–Crippen LogP) is 2.85. The first-order valence-corrected chi connectivity index (χ1v) is 14.7. The Labute approximate surface area is 231 Å². The highest BCUT2D eigenvalue weighted by Gasteiger charge is 2.22. The molecular formula is C27H42N4O7S. The number of carboxylic acids is 2. The van der Waals surface area contributed by atoms with Crippen molar-refractivity contribution < 1.29 is 33.0 Å². The minimum Gasteiger partial charge on any atom is -0.495 e. The number of para-hydroxylation sites is 2. The second-order valence-corrected chi connectivity index (χ2v) is 11.7. The lowest BCUT2D eigenvalue weighted by Crippen LogP contribution is -2.46. The Morgan fingerprint density at radius 3 is 2.13 bits per heavy atom. The molecule has 2 aromatic rings. The van der Waals surface area contributed by atoms with Crippen molar-refractivity contribution in [3.63, 3.8) is 0 Å². The molecule has 2 heterocycles. The number of rotatable bonds is 13. The SMILES string of the molecule is CCCCS(=O)(=O)N(C)Cc1ccc(CN2CCN(c3ccccc3OC)CC2)n1C.O=C(O)CCC(=O)O. The fourth-order valence-electron chi connectivity index (χ4n) is 4.21. The predicted molar refractivity (Wildman–Crippen MR) is 151 cm³/mol. The van der Waals surface area contributed by atoms with E-state index in [0.29, 0.717) is 13.0 Å². The second kappa shape index (κ2) is 15.5. The van der Waals surface area contributed by atoms with Gasteiger partial charge in [-0.3, -0.25) is 14.5 Å². The monoisotopic (exact) mass is 566 g/mol. The van der Waals surface area contributed by atoms with Crippen molar-refractivity contribution in [3.05, 3.63) is 47.8 Å². The van der Waals surface area contributed by atoms with E-state index >= 15 is 0 Å². The third-order valence-electron chi connectivity index (χ3n) is 6.68. The van der Waals surface area contributed by atoms with E-state index in [0.717, 1.165) is 56.3 Å². The highest BCUT2D eigenvalue weighted by Crippen LogP contribution is 2.28. The number of nitrogens with zero attached hydrogens (tertiary/aromatic N) is 4. The molecule has 11 nitrogen and oxygen atoms in total. The molecule has 0 aliphatic carbocycles. The molecule has 0 unspecified atom stereocenters. The number of ether oxygens (including phenoxy) is 1. The van der Waals surface area contributed by atoms with Gasteiger partial charge in [0.05, 0.1) is 37.9 Å². The summed E-state index contributed by atoms with van der Waals surface area (Å²) in [5.41, 5.74) is 3.38. The van der Waals surface area contributed by atoms with E-state index in [1.165, 1.54) is 10.00 Å². The van der Waals surface area contributed by atoms with Gasteiger partial charge in [0, 0.05) is 58.2 Å². The van der Waals surface area contributed by atoms with Crippen LogP contribution in [0.1, 0.15) is 44.0 Å². The minimum atomic E-state index is -3.20. The van der Waals surface area contributed by atoms with Gasteiger partial charge in [0.25, 0.3) is 0 Å². The van der Waals surface area contributed by atoms with Crippen molar-refractivity contribution in [2.45, 2.75) is 45.7 Å². The van der Waals surface area contributed by atoms with Crippen LogP contribution in [0.25, 0.3) is 0 Å². The zero-order valence-electron chi connectivity index (χ0n) is 23.4. The Bertz CT molecular complexity index is 1160. The number of aliphatic carboxylic acids is 2. The molecule has 3 rings (SSSR count). The number of methoxy groups -OCH3 is 1. The maximum absolute atomic E-state index is 12.4. The zero-order chi connectivity index (χ0) is 29.0. The summed E-state index contributed by atoms with van der Waals surface area (Å²) < 4.78 is 34.0. The van der Waals surface area contributed by atoms with Crippen molar-refractivity contribution in [1.82, 2.24) is 13.8 Å². The number of anilines is 1. The van der Waals surface area contributed by atoms with Crippen LogP contribution in [0.5, 0.6) is 5.75 Å². The van der Waals surface area contributed by atoms with Gasteiger partial charge in [0.1, 0.15) is 5.75 Å². The Kier molecular flexibility index (Phi) is 12.8. The lowest BCUT2D eigenvalue weighted by molar-refractivity contribution is -0.143. The first kappa shape index (κ1) is 32.1. The van der Waals surface area contributed by atoms with E-state index in [9.17, 15) is 18.0 Å². The lowest BCUT2D eigenvalue weighted by atomic mass is 10.2. The standard InChI is InChI=1S/C23H36N4O3S.C4H6O4/c1-5-6-17-31(28,29)24(2)18-20-11-12-21(25(20)3)19-26-13-15-27(16-14-26)22-9-7-8-10-23(22)30-4;5-3(6)1-2-4(7)8/h7-12H,5-6,13-19H2,1-4H3;1-2H2,(H,5,6)(H,7,8). The summed E-state index contributed by atoms with van der Waals surface area (Å²) in [5.74, 6) is -1.02. The molecule has 1 aliphatic rings. The second-order valence-electron chi connectivity index (χ2n) is 9.52. The molecule has 1 fully saturated rings. The zero-order valence-corrected chi connectivity index (χ0v) is 24.2. The van der Waals surface area contributed by atoms with Crippen molar-refractivity contribution in [1.29, 1.82) is 0 Å². The molecule has 0 bridgehead atoms. The van der Waals surface area contributed by atoms with Gasteiger partial charge in [-0.15, -0.1) is 0 Å². The highest BCUT2D eigenvalue weighted by atomic mass is 32.2. The minimum absolute atomic E-state index is 0.216. The number of piperazine rings is 1. The van der Waals surface area contributed by atoms with Crippen molar-refractivity contribution in [3.8, 4) is 5.75 Å². The molecule has 0 radical (unpaired) electrons. The van der Waals surface area contributed by atoms with E-state index in [1.807, 2.05) is 32.2 Å². The maximum Gasteiger partial charge on any atom is 0.303 e. The van der Waals surface area contributed by atoms with Gasteiger partial charge in [0.15, 0.2) is 0 Å². The van der Waals surface area contributed by atoms with Crippen LogP contribution >= 0.6 is 0 Å². The summed E-state index contributed by atoms with van der Waals surface area (Å²) >= 11 is 0. The van der Waals surface area contributed by atoms with Crippen LogP contribution in [-0.4, -0.2) is 90.4 Å². The maximum atomic E-state index is 12.4. The quantitative estimate of drug-likeness (QED) is 0.376. The topological polar surface area (TPSA) is 133 Å². The van der Waals surface area contributed by atoms with Crippen LogP contribution < -0.4 is 9.64 Å². The molecule has 39 heavy (non-hydrogen) atoms. The summed E-state index contributed by atoms with van der Waals surface area (Å²) in [4.78, 5) is 24.1. The molecular weight excluding hydrogens is 524 g/mol. The third-order valence-corrected chi connectivity index (χ3v) is 8.57. The molecule has 0 saturated carbocycles. The highest BCUT2D eigenvalue weighted by molar-refractivity contribution is 7.89. The van der Waals surface area contributed by atoms with Gasteiger partial charge >= 0.3 is 11.9 Å². The smallest absolute Gasteiger partial charge is 0.303 e. The molecule has 0 atom stereocenters. The van der Waals surface area contributed by atoms with Crippen LogP contribution in [0.2, 0.25) is 0 Å². The molecule has 12 heteroatoms. The Balaban J connectivity index is 0.000000580. The number of sulfonamides is 1. The lowest BCUT2D eigenvalue weighted by Gasteiger charge is -2.36. The van der Waals surface area contributed by atoms with Gasteiger partial charge in [-0.1, -0.05) is 25.5 Å². The summed E-state index contributed by atoms with van der Waals surface area (Å²) in [7, 11) is 2.22. The van der Waals surface area contributed by atoms with E-state index in [-0.39, 0.29) is 18.6 Å². The number of aromatic nitrogens is 1. The average Bonchev–Trinajstić information content (AvgIpc) is 3.25. The molecule has 1 aromatic heterocycles. The van der Waals surface area contributed by atoms with E-state index in [2.05, 4.69) is 32.6 Å². The molecule has 218 valence electrons. The molecule has 1 aromatic carbocycles. The van der Waals surface area contributed by atoms with Crippen LogP contribution in [0.3, 0.4) is 0 Å². The van der Waals surface area contributed by atoms with Gasteiger partial charge in [-0.05, 0) is 30.7 Å². The van der Waals surface area contributed by atoms with Crippen LogP contribution in [-0.2, 0) is 39.7 Å². The summed E-state index contributed by atoms with van der Waals surface area (Å²) in [5, 5.41) is 15.8. The number of unbranched alkanes of at least 4 members (excludes halogenated alkanes) is 1. The third kappa shape index (κ3) is 10.2. The molecule has 1 aliphatic heterocycles. The molecule has 2 N–H and O–H groups in total. The molecule has 1 saturated heterocycles. The van der Waals surface area contributed by atoms with Crippen molar-refractivity contribution in [2.75, 3.05) is 51.0 Å². The van der Waals surface area contributed by atoms with E-state index < -0.39 is 22.0 Å². The normalized spacial score (nSPS) is 14.1. The van der Waals surface area contributed by atoms with Gasteiger partial charge in [-0.25, -0.2) is 8.42 Å². The van der Waals surface area contributed by atoms with E-state index in [1.54, 1.807) is 14.2 Å². The number of hydrogen-bond donors (Lipinski definition) is 2. The van der Waals surface area contributed by atoms with Gasteiger partial charge in [0.2, 0.25) is 10.0 Å². The summed E-state index contributed by atoms with van der Waals surface area (Å²) in [6, 6.07) is 12.3. The number of carbonyl (C=O) groups is 2. The first-order chi connectivity index (χ1) is 18.5. The number of hydrogen-bond acceptors (Lipinski definition) is 7. The summed E-state index contributed by atoms with van der Waals surface area (Å²) in [6.07, 6.45) is 0.988. The fourth-order valence-corrected chi connectivity index (χ4v) is 5.50. The molecule has 0 amide bonds. The summed E-state index contributed by atoms with van der Waals surface area (Å²) in [6.45, 7) is 7.14. The first-order valence-electron chi connectivity index (χ1n) is 13.1. The van der Waals surface area contributed by atoms with E-state index in [4.69, 9.17) is 14.9 Å².